The number of anilines is 2. The Morgan fingerprint density at radius 1 is 0.960 bits per heavy atom. The highest BCUT2D eigenvalue weighted by Gasteiger charge is 2.26. The minimum atomic E-state index is -0.650. The Hall–Kier alpha value is -2.89. The molecule has 2 aromatic rings. The first-order valence-corrected chi connectivity index (χ1v) is 8.21. The van der Waals surface area contributed by atoms with Gasteiger partial charge in [-0.25, -0.2) is 4.39 Å². The lowest BCUT2D eigenvalue weighted by Crippen LogP contribution is -2.51. The first-order valence-electron chi connectivity index (χ1n) is 8.21. The van der Waals surface area contributed by atoms with Crippen molar-refractivity contribution in [2.75, 3.05) is 36.4 Å². The van der Waals surface area contributed by atoms with E-state index < -0.39 is 11.8 Å². The van der Waals surface area contributed by atoms with Crippen molar-refractivity contribution in [1.82, 2.24) is 4.90 Å². The average molecular weight is 341 g/mol. The van der Waals surface area contributed by atoms with E-state index in [2.05, 4.69) is 5.32 Å². The van der Waals surface area contributed by atoms with Crippen LogP contribution in [-0.4, -0.2) is 42.9 Å². The zero-order chi connectivity index (χ0) is 17.8. The number of nitrogens with zero attached hydrogens (tertiary/aromatic N) is 2. The van der Waals surface area contributed by atoms with Crippen LogP contribution in [0.1, 0.15) is 5.56 Å². The van der Waals surface area contributed by atoms with Gasteiger partial charge in [-0.05, 0) is 31.2 Å². The van der Waals surface area contributed by atoms with Crippen molar-refractivity contribution >= 4 is 23.2 Å². The van der Waals surface area contributed by atoms with E-state index in [0.717, 1.165) is 5.56 Å². The summed E-state index contributed by atoms with van der Waals surface area (Å²) in [7, 11) is 0. The SMILES string of the molecule is Cc1ccc(NC(=O)C(=O)N2CCN(c3ccccc3F)CC2)cc1. The van der Waals surface area contributed by atoms with Crippen molar-refractivity contribution in [3.05, 3.63) is 59.9 Å². The summed E-state index contributed by atoms with van der Waals surface area (Å²) in [6.07, 6.45) is 0. The lowest BCUT2D eigenvalue weighted by atomic mass is 10.2. The van der Waals surface area contributed by atoms with Gasteiger partial charge >= 0.3 is 11.8 Å². The van der Waals surface area contributed by atoms with E-state index >= 15 is 0 Å². The molecular weight excluding hydrogens is 321 g/mol. The highest BCUT2D eigenvalue weighted by molar-refractivity contribution is 6.39. The van der Waals surface area contributed by atoms with Gasteiger partial charge in [-0.15, -0.1) is 0 Å². The summed E-state index contributed by atoms with van der Waals surface area (Å²) in [5.41, 5.74) is 2.20. The predicted molar refractivity (Wildman–Crippen MR) is 95.0 cm³/mol. The Bertz CT molecular complexity index is 768. The van der Waals surface area contributed by atoms with Crippen LogP contribution in [0.5, 0.6) is 0 Å². The van der Waals surface area contributed by atoms with Crippen molar-refractivity contribution in [3.63, 3.8) is 0 Å². The van der Waals surface area contributed by atoms with E-state index in [-0.39, 0.29) is 5.82 Å². The van der Waals surface area contributed by atoms with Crippen LogP contribution in [0.25, 0.3) is 0 Å². The van der Waals surface area contributed by atoms with Crippen molar-refractivity contribution in [3.8, 4) is 0 Å². The van der Waals surface area contributed by atoms with Crippen molar-refractivity contribution in [2.24, 2.45) is 0 Å². The average Bonchev–Trinajstić information content (AvgIpc) is 2.63. The molecule has 0 radical (unpaired) electrons. The maximum atomic E-state index is 13.8. The van der Waals surface area contributed by atoms with Crippen LogP contribution in [-0.2, 0) is 9.59 Å². The quantitative estimate of drug-likeness (QED) is 0.854. The molecule has 5 nitrogen and oxygen atoms in total. The van der Waals surface area contributed by atoms with Crippen LogP contribution in [0.4, 0.5) is 15.8 Å². The van der Waals surface area contributed by atoms with Gasteiger partial charge in [0.25, 0.3) is 0 Å². The molecule has 0 atom stereocenters. The number of amides is 2. The molecule has 6 heteroatoms. The van der Waals surface area contributed by atoms with Crippen LogP contribution in [0.3, 0.4) is 0 Å². The van der Waals surface area contributed by atoms with Gasteiger partial charge in [0, 0.05) is 31.9 Å². The summed E-state index contributed by atoms with van der Waals surface area (Å²) in [5, 5.41) is 2.61. The van der Waals surface area contributed by atoms with Crippen LogP contribution in [0.15, 0.2) is 48.5 Å². The van der Waals surface area contributed by atoms with Gasteiger partial charge in [-0.3, -0.25) is 9.59 Å². The maximum absolute atomic E-state index is 13.8. The number of carbonyl (C=O) groups is 2. The first-order chi connectivity index (χ1) is 12.0. The number of nitrogens with one attached hydrogen (secondary N) is 1. The van der Waals surface area contributed by atoms with Gasteiger partial charge in [0.15, 0.2) is 0 Å². The van der Waals surface area contributed by atoms with Crippen LogP contribution >= 0.6 is 0 Å². The van der Waals surface area contributed by atoms with Crippen molar-refractivity contribution < 1.29 is 14.0 Å². The summed E-state index contributed by atoms with van der Waals surface area (Å²) >= 11 is 0. The standard InChI is InChI=1S/C19H20FN3O2/c1-14-6-8-15(9-7-14)21-18(24)19(25)23-12-10-22(11-13-23)17-5-3-2-4-16(17)20/h2-9H,10-13H2,1H3,(H,21,24). The zero-order valence-corrected chi connectivity index (χ0v) is 14.0. The van der Waals surface area contributed by atoms with Crippen LogP contribution < -0.4 is 10.2 Å². The van der Waals surface area contributed by atoms with E-state index in [1.807, 2.05) is 24.0 Å². The molecule has 0 spiro atoms. The molecule has 1 heterocycles. The number of hydrogen-bond acceptors (Lipinski definition) is 3. The fourth-order valence-electron chi connectivity index (χ4n) is 2.82. The summed E-state index contributed by atoms with van der Waals surface area (Å²) in [6, 6.07) is 13.8. The molecule has 1 fully saturated rings. The Morgan fingerprint density at radius 3 is 2.24 bits per heavy atom. The largest absolute Gasteiger partial charge is 0.366 e. The van der Waals surface area contributed by atoms with Gasteiger partial charge < -0.3 is 15.1 Å². The second kappa shape index (κ2) is 7.34. The molecule has 130 valence electrons. The Labute approximate surface area is 146 Å². The molecule has 0 saturated carbocycles. The Morgan fingerprint density at radius 2 is 1.60 bits per heavy atom. The Kier molecular flexibility index (Phi) is 4.97. The van der Waals surface area contributed by atoms with E-state index in [1.165, 1.54) is 11.0 Å². The third-order valence-corrected chi connectivity index (χ3v) is 4.26. The molecule has 0 bridgehead atoms. The molecule has 2 amide bonds. The van der Waals surface area contributed by atoms with E-state index in [0.29, 0.717) is 37.6 Å². The molecule has 1 N–H and O–H groups in total. The molecular formula is C19H20FN3O2. The third-order valence-electron chi connectivity index (χ3n) is 4.26. The van der Waals surface area contributed by atoms with Gasteiger partial charge in [0.2, 0.25) is 0 Å². The molecule has 25 heavy (non-hydrogen) atoms. The smallest absolute Gasteiger partial charge is 0.313 e. The maximum Gasteiger partial charge on any atom is 0.313 e. The number of halogens is 1. The molecule has 0 unspecified atom stereocenters. The number of rotatable bonds is 2. The fourth-order valence-corrected chi connectivity index (χ4v) is 2.82. The van der Waals surface area contributed by atoms with Crippen LogP contribution in [0.2, 0.25) is 0 Å². The first kappa shape index (κ1) is 17.0. The molecule has 3 rings (SSSR count). The highest BCUT2D eigenvalue weighted by Crippen LogP contribution is 2.20. The number of piperazine rings is 1. The topological polar surface area (TPSA) is 52.7 Å². The van der Waals surface area contributed by atoms with E-state index in [9.17, 15) is 14.0 Å². The number of benzene rings is 2. The van der Waals surface area contributed by atoms with Crippen molar-refractivity contribution in [1.29, 1.82) is 0 Å². The number of para-hydroxylation sites is 1. The molecule has 1 aliphatic rings. The third kappa shape index (κ3) is 3.96. The minimum absolute atomic E-state index is 0.278. The normalized spacial score (nSPS) is 14.3. The van der Waals surface area contributed by atoms with Crippen molar-refractivity contribution in [2.45, 2.75) is 6.92 Å². The predicted octanol–water partition coefficient (Wildman–Crippen LogP) is 2.42. The summed E-state index contributed by atoms with van der Waals surface area (Å²) in [4.78, 5) is 27.8. The lowest BCUT2D eigenvalue weighted by Gasteiger charge is -2.35. The minimum Gasteiger partial charge on any atom is -0.366 e. The van der Waals surface area contributed by atoms with Gasteiger partial charge in [-0.2, -0.15) is 0 Å². The highest BCUT2D eigenvalue weighted by atomic mass is 19.1. The number of aryl methyl sites for hydroxylation is 1. The monoisotopic (exact) mass is 341 g/mol. The number of carbonyl (C=O) groups excluding carboxylic acids is 2. The van der Waals surface area contributed by atoms with Gasteiger partial charge in [-0.1, -0.05) is 29.8 Å². The zero-order valence-electron chi connectivity index (χ0n) is 14.0. The lowest BCUT2D eigenvalue weighted by molar-refractivity contribution is -0.143. The summed E-state index contributed by atoms with van der Waals surface area (Å²) in [5.74, 6) is -1.49. The Balaban J connectivity index is 1.57. The molecule has 1 aliphatic heterocycles. The summed E-state index contributed by atoms with van der Waals surface area (Å²) in [6.45, 7) is 3.70. The summed E-state index contributed by atoms with van der Waals surface area (Å²) < 4.78 is 13.8. The number of hydrogen-bond donors (Lipinski definition) is 1. The molecule has 1 saturated heterocycles. The van der Waals surface area contributed by atoms with E-state index in [4.69, 9.17) is 0 Å². The van der Waals surface area contributed by atoms with E-state index in [1.54, 1.807) is 30.3 Å². The second-order valence-electron chi connectivity index (χ2n) is 6.05. The molecule has 0 aromatic heterocycles. The molecule has 2 aromatic carbocycles. The fraction of sp³-hybridized carbons (Fsp3) is 0.263. The second-order valence-corrected chi connectivity index (χ2v) is 6.05. The molecule has 0 aliphatic carbocycles. The van der Waals surface area contributed by atoms with Gasteiger partial charge in [0.05, 0.1) is 5.69 Å². The van der Waals surface area contributed by atoms with Gasteiger partial charge in [0.1, 0.15) is 5.82 Å². The van der Waals surface area contributed by atoms with Crippen LogP contribution in [0, 0.1) is 12.7 Å².